The molecule has 0 amide bonds. The van der Waals surface area contributed by atoms with Gasteiger partial charge in [-0.05, 0) is 37.9 Å². The summed E-state index contributed by atoms with van der Waals surface area (Å²) in [6.45, 7) is 3.92. The van der Waals surface area contributed by atoms with Crippen LogP contribution in [0.5, 0.6) is 0 Å². The molecule has 2 N–H and O–H groups in total. The molecule has 18 heavy (non-hydrogen) atoms. The van der Waals surface area contributed by atoms with E-state index in [-0.39, 0.29) is 0 Å². The van der Waals surface area contributed by atoms with Gasteiger partial charge in [0, 0.05) is 13.1 Å². The quantitative estimate of drug-likeness (QED) is 0.856. The molecule has 1 unspecified atom stereocenters. The van der Waals surface area contributed by atoms with Crippen LogP contribution in [0.1, 0.15) is 35.7 Å². The standard InChI is InChI=1S/C14H19NO3/c1-14(18)7-4-8-15(10-14)9-11-5-2-3-6-12(11)13(16)17/h2-3,5-6,18H,4,7-10H2,1H3,(H,16,17). The number of rotatable bonds is 3. The number of β-amino-alcohol motifs (C(OH)–C–C–N with tert-alkyl or cyclic N) is 1. The molecule has 4 heteroatoms. The SMILES string of the molecule is CC1(O)CCCN(Cc2ccccc2C(=O)O)C1. The van der Waals surface area contributed by atoms with Gasteiger partial charge in [0.15, 0.2) is 0 Å². The van der Waals surface area contributed by atoms with Crippen LogP contribution in [0.25, 0.3) is 0 Å². The second-order valence-corrected chi connectivity index (χ2v) is 5.27. The van der Waals surface area contributed by atoms with Gasteiger partial charge in [-0.1, -0.05) is 18.2 Å². The number of carbonyl (C=O) groups is 1. The molecule has 0 radical (unpaired) electrons. The Balaban J connectivity index is 2.12. The molecule has 2 rings (SSSR count). The monoisotopic (exact) mass is 249 g/mol. The van der Waals surface area contributed by atoms with Crippen LogP contribution in [0, 0.1) is 0 Å². The molecule has 1 aliphatic rings. The molecule has 0 aliphatic carbocycles. The summed E-state index contributed by atoms with van der Waals surface area (Å²) in [5, 5.41) is 19.2. The van der Waals surface area contributed by atoms with Crippen molar-refractivity contribution < 1.29 is 15.0 Å². The zero-order valence-electron chi connectivity index (χ0n) is 10.6. The van der Waals surface area contributed by atoms with Gasteiger partial charge in [-0.15, -0.1) is 0 Å². The van der Waals surface area contributed by atoms with E-state index < -0.39 is 11.6 Å². The van der Waals surface area contributed by atoms with Crippen LogP contribution in [0.2, 0.25) is 0 Å². The lowest BCUT2D eigenvalue weighted by molar-refractivity contribution is -0.0182. The lowest BCUT2D eigenvalue weighted by Crippen LogP contribution is -2.45. The van der Waals surface area contributed by atoms with Gasteiger partial charge in [-0.2, -0.15) is 0 Å². The lowest BCUT2D eigenvalue weighted by atomic mass is 9.94. The molecule has 1 atom stereocenters. The number of piperidine rings is 1. The van der Waals surface area contributed by atoms with Gasteiger partial charge in [0.25, 0.3) is 0 Å². The third-order valence-corrected chi connectivity index (χ3v) is 3.40. The van der Waals surface area contributed by atoms with Crippen LogP contribution in [-0.2, 0) is 6.54 Å². The molecule has 0 spiro atoms. The van der Waals surface area contributed by atoms with E-state index in [2.05, 4.69) is 4.90 Å². The van der Waals surface area contributed by atoms with E-state index in [1.807, 2.05) is 19.1 Å². The van der Waals surface area contributed by atoms with Gasteiger partial charge in [0.05, 0.1) is 11.2 Å². The summed E-state index contributed by atoms with van der Waals surface area (Å²) in [6.07, 6.45) is 1.76. The van der Waals surface area contributed by atoms with E-state index in [0.29, 0.717) is 18.7 Å². The Morgan fingerprint density at radius 2 is 2.17 bits per heavy atom. The molecule has 1 aliphatic heterocycles. The number of carboxylic acid groups (broad SMARTS) is 1. The largest absolute Gasteiger partial charge is 0.478 e. The fourth-order valence-corrected chi connectivity index (χ4v) is 2.57. The summed E-state index contributed by atoms with van der Waals surface area (Å²) >= 11 is 0. The van der Waals surface area contributed by atoms with Crippen molar-refractivity contribution in [2.75, 3.05) is 13.1 Å². The maximum absolute atomic E-state index is 11.1. The third kappa shape index (κ3) is 3.09. The Labute approximate surface area is 107 Å². The van der Waals surface area contributed by atoms with Crippen molar-refractivity contribution in [3.63, 3.8) is 0 Å². The van der Waals surface area contributed by atoms with E-state index in [0.717, 1.165) is 24.9 Å². The average Bonchev–Trinajstić information content (AvgIpc) is 2.28. The zero-order chi connectivity index (χ0) is 13.2. The first kappa shape index (κ1) is 13.1. The Morgan fingerprint density at radius 1 is 1.44 bits per heavy atom. The maximum atomic E-state index is 11.1. The fourth-order valence-electron chi connectivity index (χ4n) is 2.57. The van der Waals surface area contributed by atoms with Gasteiger partial charge >= 0.3 is 5.97 Å². The molecule has 1 aromatic carbocycles. The minimum atomic E-state index is -0.894. The molecular weight excluding hydrogens is 230 g/mol. The van der Waals surface area contributed by atoms with Crippen LogP contribution >= 0.6 is 0 Å². The van der Waals surface area contributed by atoms with E-state index in [4.69, 9.17) is 5.11 Å². The van der Waals surface area contributed by atoms with Crippen molar-refractivity contribution in [3.05, 3.63) is 35.4 Å². The molecule has 1 aromatic rings. The molecule has 0 aromatic heterocycles. The molecule has 1 heterocycles. The zero-order valence-corrected chi connectivity index (χ0v) is 10.6. The molecule has 0 bridgehead atoms. The van der Waals surface area contributed by atoms with Crippen molar-refractivity contribution >= 4 is 5.97 Å². The normalized spacial score (nSPS) is 25.0. The van der Waals surface area contributed by atoms with Gasteiger partial charge in [0.1, 0.15) is 0 Å². The smallest absolute Gasteiger partial charge is 0.336 e. The highest BCUT2D eigenvalue weighted by atomic mass is 16.4. The van der Waals surface area contributed by atoms with Gasteiger partial charge in [0.2, 0.25) is 0 Å². The number of benzene rings is 1. The first-order chi connectivity index (χ1) is 8.48. The highest BCUT2D eigenvalue weighted by Gasteiger charge is 2.28. The van der Waals surface area contributed by atoms with E-state index in [1.165, 1.54) is 0 Å². The van der Waals surface area contributed by atoms with Crippen molar-refractivity contribution in [3.8, 4) is 0 Å². The van der Waals surface area contributed by atoms with Crippen LogP contribution in [0.4, 0.5) is 0 Å². The number of aromatic carboxylic acids is 1. The Bertz CT molecular complexity index is 442. The first-order valence-corrected chi connectivity index (χ1v) is 6.24. The fraction of sp³-hybridized carbons (Fsp3) is 0.500. The van der Waals surface area contributed by atoms with E-state index in [1.54, 1.807) is 12.1 Å². The average molecular weight is 249 g/mol. The van der Waals surface area contributed by atoms with Crippen molar-refractivity contribution in [1.29, 1.82) is 0 Å². The van der Waals surface area contributed by atoms with Crippen molar-refractivity contribution in [2.24, 2.45) is 0 Å². The molecule has 0 saturated carbocycles. The number of aliphatic hydroxyl groups is 1. The molecule has 1 saturated heterocycles. The van der Waals surface area contributed by atoms with E-state index in [9.17, 15) is 9.90 Å². The Hall–Kier alpha value is -1.39. The minimum Gasteiger partial charge on any atom is -0.478 e. The molecule has 98 valence electrons. The maximum Gasteiger partial charge on any atom is 0.336 e. The minimum absolute atomic E-state index is 0.350. The Kier molecular flexibility index (Phi) is 3.68. The summed E-state index contributed by atoms with van der Waals surface area (Å²) in [4.78, 5) is 13.2. The van der Waals surface area contributed by atoms with Crippen molar-refractivity contribution in [2.45, 2.75) is 31.9 Å². The van der Waals surface area contributed by atoms with Crippen LogP contribution in [0.15, 0.2) is 24.3 Å². The number of carboxylic acids is 1. The lowest BCUT2D eigenvalue weighted by Gasteiger charge is -2.37. The first-order valence-electron chi connectivity index (χ1n) is 6.24. The number of nitrogens with zero attached hydrogens (tertiary/aromatic N) is 1. The van der Waals surface area contributed by atoms with Gasteiger partial charge < -0.3 is 10.2 Å². The molecule has 4 nitrogen and oxygen atoms in total. The topological polar surface area (TPSA) is 60.8 Å². The summed E-state index contributed by atoms with van der Waals surface area (Å²) in [5.41, 5.74) is 0.501. The second-order valence-electron chi connectivity index (χ2n) is 5.27. The molecular formula is C14H19NO3. The summed E-state index contributed by atoms with van der Waals surface area (Å²) < 4.78 is 0. The van der Waals surface area contributed by atoms with Crippen LogP contribution in [-0.4, -0.2) is 39.8 Å². The second kappa shape index (κ2) is 5.08. The summed E-state index contributed by atoms with van der Waals surface area (Å²) in [5.74, 6) is -0.894. The van der Waals surface area contributed by atoms with E-state index >= 15 is 0 Å². The van der Waals surface area contributed by atoms with Crippen molar-refractivity contribution in [1.82, 2.24) is 4.90 Å². The van der Waals surface area contributed by atoms with Gasteiger partial charge in [-0.3, -0.25) is 4.90 Å². The highest BCUT2D eigenvalue weighted by molar-refractivity contribution is 5.89. The number of hydrogen-bond donors (Lipinski definition) is 2. The molecule has 1 fully saturated rings. The predicted octanol–water partition coefficient (Wildman–Crippen LogP) is 1.73. The summed E-state index contributed by atoms with van der Waals surface area (Å²) in [6, 6.07) is 7.05. The number of hydrogen-bond acceptors (Lipinski definition) is 3. The Morgan fingerprint density at radius 3 is 2.83 bits per heavy atom. The predicted molar refractivity (Wildman–Crippen MR) is 68.5 cm³/mol. The number of likely N-dealkylation sites (tertiary alicyclic amines) is 1. The highest BCUT2D eigenvalue weighted by Crippen LogP contribution is 2.22. The van der Waals surface area contributed by atoms with Gasteiger partial charge in [-0.25, -0.2) is 4.79 Å². The van der Waals surface area contributed by atoms with Crippen LogP contribution < -0.4 is 0 Å². The summed E-state index contributed by atoms with van der Waals surface area (Å²) in [7, 11) is 0. The third-order valence-electron chi connectivity index (χ3n) is 3.40. The van der Waals surface area contributed by atoms with Crippen LogP contribution in [0.3, 0.4) is 0 Å².